The highest BCUT2D eigenvalue weighted by Gasteiger charge is 2.24. The topological polar surface area (TPSA) is 41.4 Å². The van der Waals surface area contributed by atoms with Crippen molar-refractivity contribution in [1.29, 1.82) is 0 Å². The Balaban J connectivity index is 1.30. The van der Waals surface area contributed by atoms with Crippen molar-refractivity contribution in [3.05, 3.63) is 101 Å². The number of nitrogens with zero attached hydrogens (tertiary/aromatic N) is 4. The van der Waals surface area contributed by atoms with Crippen LogP contribution in [-0.2, 0) is 13.1 Å². The van der Waals surface area contributed by atoms with Gasteiger partial charge in [0.2, 0.25) is 0 Å². The zero-order valence-electron chi connectivity index (χ0n) is 19.4. The van der Waals surface area contributed by atoms with E-state index in [4.69, 9.17) is 4.98 Å². The Hall–Kier alpha value is -3.44. The van der Waals surface area contributed by atoms with E-state index in [9.17, 15) is 4.79 Å². The number of benzene rings is 3. The third kappa shape index (κ3) is 4.69. The fourth-order valence-electron chi connectivity index (χ4n) is 4.78. The Kier molecular flexibility index (Phi) is 5.97. The number of aryl methyl sites for hydroxylation is 2. The normalized spacial score (nSPS) is 14.7. The van der Waals surface area contributed by atoms with E-state index in [0.717, 1.165) is 67.3 Å². The van der Waals surface area contributed by atoms with Crippen LogP contribution in [0, 0.1) is 13.8 Å². The molecule has 5 heteroatoms. The van der Waals surface area contributed by atoms with Crippen LogP contribution in [0.15, 0.2) is 72.8 Å². The van der Waals surface area contributed by atoms with Crippen LogP contribution in [0.2, 0.25) is 0 Å². The second-order valence-corrected chi connectivity index (χ2v) is 9.03. The Labute approximate surface area is 195 Å². The number of aromatic nitrogens is 2. The number of imidazole rings is 1. The Bertz CT molecular complexity index is 1250. The lowest BCUT2D eigenvalue weighted by Gasteiger charge is -2.34. The van der Waals surface area contributed by atoms with Crippen molar-refractivity contribution < 1.29 is 4.79 Å². The van der Waals surface area contributed by atoms with Crippen LogP contribution >= 0.6 is 0 Å². The van der Waals surface area contributed by atoms with Crippen molar-refractivity contribution in [2.24, 2.45) is 0 Å². The SMILES string of the molecule is Cc1cc(C)cc(C(=O)N2CCN(Cc3nc4ccccc4n3Cc3ccccc3)CC2)c1. The summed E-state index contributed by atoms with van der Waals surface area (Å²) < 4.78 is 2.33. The predicted octanol–water partition coefficient (Wildman–Crippen LogP) is 4.66. The first-order chi connectivity index (χ1) is 16.1. The van der Waals surface area contributed by atoms with Gasteiger partial charge in [0.05, 0.1) is 17.6 Å². The number of hydrogen-bond acceptors (Lipinski definition) is 3. The van der Waals surface area contributed by atoms with E-state index >= 15 is 0 Å². The van der Waals surface area contributed by atoms with Gasteiger partial charge >= 0.3 is 0 Å². The summed E-state index contributed by atoms with van der Waals surface area (Å²) in [6.45, 7) is 8.87. The number of carbonyl (C=O) groups excluding carboxylic acids is 1. The Morgan fingerprint density at radius 2 is 1.48 bits per heavy atom. The molecule has 1 amide bonds. The smallest absolute Gasteiger partial charge is 0.253 e. The van der Waals surface area contributed by atoms with Crippen LogP contribution in [0.1, 0.15) is 32.9 Å². The minimum absolute atomic E-state index is 0.137. The third-order valence-electron chi connectivity index (χ3n) is 6.41. The second-order valence-electron chi connectivity index (χ2n) is 9.03. The zero-order chi connectivity index (χ0) is 22.8. The number of amides is 1. The molecule has 5 rings (SSSR count). The molecule has 0 radical (unpaired) electrons. The zero-order valence-corrected chi connectivity index (χ0v) is 19.4. The average molecular weight is 439 g/mol. The monoisotopic (exact) mass is 438 g/mol. The first-order valence-electron chi connectivity index (χ1n) is 11.6. The molecular formula is C28H30N4O. The van der Waals surface area contributed by atoms with Gasteiger partial charge in [-0.25, -0.2) is 4.98 Å². The van der Waals surface area contributed by atoms with Crippen molar-refractivity contribution in [3.8, 4) is 0 Å². The van der Waals surface area contributed by atoms with Crippen LogP contribution in [-0.4, -0.2) is 51.4 Å². The molecule has 1 fully saturated rings. The first kappa shape index (κ1) is 21.4. The van der Waals surface area contributed by atoms with Gasteiger partial charge in [-0.1, -0.05) is 59.7 Å². The molecule has 0 N–H and O–H groups in total. The summed E-state index contributed by atoms with van der Waals surface area (Å²) in [6.07, 6.45) is 0. The minimum atomic E-state index is 0.137. The molecule has 2 heterocycles. The molecule has 1 aliphatic heterocycles. The molecule has 33 heavy (non-hydrogen) atoms. The lowest BCUT2D eigenvalue weighted by molar-refractivity contribution is 0.0624. The molecule has 1 aromatic heterocycles. The lowest BCUT2D eigenvalue weighted by Crippen LogP contribution is -2.48. The quantitative estimate of drug-likeness (QED) is 0.455. The third-order valence-corrected chi connectivity index (χ3v) is 6.41. The highest BCUT2D eigenvalue weighted by atomic mass is 16.2. The molecule has 0 unspecified atom stereocenters. The largest absolute Gasteiger partial charge is 0.336 e. The van der Waals surface area contributed by atoms with E-state index < -0.39 is 0 Å². The lowest BCUT2D eigenvalue weighted by atomic mass is 10.1. The molecule has 3 aromatic carbocycles. The fourth-order valence-corrected chi connectivity index (χ4v) is 4.78. The highest BCUT2D eigenvalue weighted by molar-refractivity contribution is 5.94. The maximum Gasteiger partial charge on any atom is 0.253 e. The Morgan fingerprint density at radius 1 is 0.818 bits per heavy atom. The van der Waals surface area contributed by atoms with Gasteiger partial charge in [-0.05, 0) is 43.7 Å². The summed E-state index contributed by atoms with van der Waals surface area (Å²) in [5, 5.41) is 0. The molecule has 0 spiro atoms. The molecule has 5 nitrogen and oxygen atoms in total. The number of rotatable bonds is 5. The summed E-state index contributed by atoms with van der Waals surface area (Å²) in [7, 11) is 0. The fraction of sp³-hybridized carbons (Fsp3) is 0.286. The standard InChI is InChI=1S/C28H30N4O/c1-21-16-22(2)18-24(17-21)28(33)31-14-12-30(13-15-31)20-27-29-25-10-6-7-11-26(25)32(27)19-23-8-4-3-5-9-23/h3-11,16-18H,12-15,19-20H2,1-2H3. The van der Waals surface area contributed by atoms with Crippen molar-refractivity contribution in [1.82, 2.24) is 19.4 Å². The Morgan fingerprint density at radius 3 is 2.21 bits per heavy atom. The second kappa shape index (κ2) is 9.20. The van der Waals surface area contributed by atoms with Gasteiger partial charge in [-0.15, -0.1) is 0 Å². The maximum atomic E-state index is 13.0. The first-order valence-corrected chi connectivity index (χ1v) is 11.6. The summed E-state index contributed by atoms with van der Waals surface area (Å²) in [5.41, 5.74) is 6.53. The van der Waals surface area contributed by atoms with Crippen molar-refractivity contribution in [2.75, 3.05) is 26.2 Å². The van der Waals surface area contributed by atoms with Gasteiger partial charge in [0.25, 0.3) is 5.91 Å². The van der Waals surface area contributed by atoms with E-state index in [1.54, 1.807) is 0 Å². The van der Waals surface area contributed by atoms with Gasteiger partial charge in [-0.2, -0.15) is 0 Å². The molecule has 1 saturated heterocycles. The van der Waals surface area contributed by atoms with Crippen LogP contribution in [0.5, 0.6) is 0 Å². The van der Waals surface area contributed by atoms with Crippen molar-refractivity contribution in [3.63, 3.8) is 0 Å². The summed E-state index contributed by atoms with van der Waals surface area (Å²) in [6, 6.07) is 25.0. The van der Waals surface area contributed by atoms with Gasteiger partial charge in [0, 0.05) is 38.3 Å². The molecule has 0 bridgehead atoms. The van der Waals surface area contributed by atoms with Crippen LogP contribution in [0.4, 0.5) is 0 Å². The number of hydrogen-bond donors (Lipinski definition) is 0. The number of carbonyl (C=O) groups is 1. The van der Waals surface area contributed by atoms with E-state index in [1.807, 2.05) is 36.9 Å². The maximum absolute atomic E-state index is 13.0. The average Bonchev–Trinajstić information content (AvgIpc) is 3.16. The highest BCUT2D eigenvalue weighted by Crippen LogP contribution is 2.20. The van der Waals surface area contributed by atoms with Crippen molar-refractivity contribution >= 4 is 16.9 Å². The van der Waals surface area contributed by atoms with Crippen LogP contribution in [0.25, 0.3) is 11.0 Å². The molecule has 0 aliphatic carbocycles. The van der Waals surface area contributed by atoms with E-state index in [1.165, 1.54) is 11.1 Å². The number of piperazine rings is 1. The van der Waals surface area contributed by atoms with Crippen LogP contribution < -0.4 is 0 Å². The molecule has 1 aliphatic rings. The van der Waals surface area contributed by atoms with Gasteiger partial charge in [-0.3, -0.25) is 9.69 Å². The van der Waals surface area contributed by atoms with E-state index in [2.05, 4.69) is 64.1 Å². The summed E-state index contributed by atoms with van der Waals surface area (Å²) >= 11 is 0. The number of para-hydroxylation sites is 2. The molecule has 0 saturated carbocycles. The molecule has 0 atom stereocenters. The van der Waals surface area contributed by atoms with E-state index in [0.29, 0.717) is 0 Å². The summed E-state index contributed by atoms with van der Waals surface area (Å²) in [5.74, 6) is 1.21. The minimum Gasteiger partial charge on any atom is -0.336 e. The van der Waals surface area contributed by atoms with Gasteiger partial charge in [0.15, 0.2) is 0 Å². The predicted molar refractivity (Wildman–Crippen MR) is 132 cm³/mol. The molecule has 4 aromatic rings. The molecule has 168 valence electrons. The van der Waals surface area contributed by atoms with Crippen LogP contribution in [0.3, 0.4) is 0 Å². The van der Waals surface area contributed by atoms with E-state index in [-0.39, 0.29) is 5.91 Å². The van der Waals surface area contributed by atoms with Gasteiger partial charge < -0.3 is 9.47 Å². The summed E-state index contributed by atoms with van der Waals surface area (Å²) in [4.78, 5) is 22.4. The molecular weight excluding hydrogens is 408 g/mol. The number of fused-ring (bicyclic) bond motifs is 1. The van der Waals surface area contributed by atoms with Crippen molar-refractivity contribution in [2.45, 2.75) is 26.9 Å². The van der Waals surface area contributed by atoms with Gasteiger partial charge in [0.1, 0.15) is 5.82 Å².